The SMILES string of the molecule is Cc1cc(NCCNC2CCOCC2)n2nc(C)c(-c3c(Cl)cc(C#N)cc3Cl)c2n1.Cl. The number of anilines is 1. The largest absolute Gasteiger partial charge is 0.381 e. The number of aryl methyl sites for hydroxylation is 2. The zero-order chi connectivity index (χ0) is 22.0. The van der Waals surface area contributed by atoms with Crippen LogP contribution < -0.4 is 10.6 Å². The van der Waals surface area contributed by atoms with Gasteiger partial charge in [0.05, 0.1) is 32.9 Å². The van der Waals surface area contributed by atoms with E-state index in [1.165, 1.54) is 0 Å². The van der Waals surface area contributed by atoms with Crippen LogP contribution in [0.5, 0.6) is 0 Å². The van der Waals surface area contributed by atoms with Crippen LogP contribution in [0.1, 0.15) is 29.8 Å². The number of fused-ring (bicyclic) bond motifs is 1. The van der Waals surface area contributed by atoms with Crippen molar-refractivity contribution in [2.45, 2.75) is 32.7 Å². The second-order valence-electron chi connectivity index (χ2n) is 7.67. The summed E-state index contributed by atoms with van der Waals surface area (Å²) in [6.07, 6.45) is 2.10. The second-order valence-corrected chi connectivity index (χ2v) is 8.49. The molecule has 1 fully saturated rings. The molecular weight excluding hydrogens is 471 g/mol. The maximum atomic E-state index is 9.18. The molecule has 0 unspecified atom stereocenters. The van der Waals surface area contributed by atoms with E-state index < -0.39 is 0 Å². The van der Waals surface area contributed by atoms with Crippen molar-refractivity contribution in [3.8, 4) is 17.2 Å². The number of hydrogen-bond acceptors (Lipinski definition) is 6. The van der Waals surface area contributed by atoms with Gasteiger partial charge in [-0.3, -0.25) is 0 Å². The summed E-state index contributed by atoms with van der Waals surface area (Å²) in [5, 5.41) is 21.7. The number of hydrogen-bond donors (Lipinski definition) is 2. The highest BCUT2D eigenvalue weighted by Gasteiger charge is 2.21. The first-order valence-corrected chi connectivity index (χ1v) is 11.0. The Morgan fingerprint density at radius 3 is 2.47 bits per heavy atom. The van der Waals surface area contributed by atoms with Gasteiger partial charge in [-0.15, -0.1) is 12.4 Å². The molecule has 0 atom stereocenters. The third kappa shape index (κ3) is 5.11. The maximum Gasteiger partial charge on any atom is 0.165 e. The number of nitrogens with zero attached hydrogens (tertiary/aromatic N) is 4. The number of nitriles is 1. The molecule has 170 valence electrons. The molecule has 0 spiro atoms. The topological polar surface area (TPSA) is 87.3 Å². The Hall–Kier alpha value is -2.08. The van der Waals surface area contributed by atoms with E-state index in [0.717, 1.165) is 61.9 Å². The Bertz CT molecular complexity index is 1130. The minimum atomic E-state index is 0. The van der Waals surface area contributed by atoms with E-state index in [1.807, 2.05) is 19.9 Å². The van der Waals surface area contributed by atoms with E-state index in [-0.39, 0.29) is 12.4 Å². The number of aromatic nitrogens is 3. The predicted octanol–water partition coefficient (Wildman–Crippen LogP) is 4.79. The summed E-state index contributed by atoms with van der Waals surface area (Å²) in [5.74, 6) is 0.853. The highest BCUT2D eigenvalue weighted by atomic mass is 35.5. The number of ether oxygens (including phenoxy) is 1. The molecule has 0 radical (unpaired) electrons. The Morgan fingerprint density at radius 2 is 1.81 bits per heavy atom. The molecule has 3 aromatic rings. The molecule has 0 amide bonds. The molecule has 2 aromatic heterocycles. The number of halogens is 3. The molecule has 0 bridgehead atoms. The summed E-state index contributed by atoms with van der Waals surface area (Å²) in [7, 11) is 0. The first kappa shape index (κ1) is 24.6. The standard InChI is InChI=1S/C22H24Cl2N6O.ClH/c1-13-9-19(27-6-5-26-16-3-7-31-8-4-16)30-22(28-13)20(14(2)29-30)21-17(23)10-15(12-25)11-18(21)24;/h9-11,16,26-27H,3-8H2,1-2H3;1H. The van der Waals surface area contributed by atoms with Gasteiger partial charge >= 0.3 is 0 Å². The lowest BCUT2D eigenvalue weighted by atomic mass is 10.0. The van der Waals surface area contributed by atoms with Crippen molar-refractivity contribution in [1.82, 2.24) is 19.9 Å². The number of nitrogens with one attached hydrogen (secondary N) is 2. The smallest absolute Gasteiger partial charge is 0.165 e. The third-order valence-electron chi connectivity index (χ3n) is 5.40. The molecule has 32 heavy (non-hydrogen) atoms. The lowest BCUT2D eigenvalue weighted by Gasteiger charge is -2.23. The number of rotatable bonds is 6. The second kappa shape index (κ2) is 10.7. The van der Waals surface area contributed by atoms with E-state index in [1.54, 1.807) is 16.6 Å². The van der Waals surface area contributed by atoms with Crippen molar-refractivity contribution >= 4 is 47.1 Å². The van der Waals surface area contributed by atoms with E-state index in [4.69, 9.17) is 38.0 Å². The van der Waals surface area contributed by atoms with Crippen LogP contribution in [0.2, 0.25) is 10.0 Å². The zero-order valence-corrected chi connectivity index (χ0v) is 20.2. The van der Waals surface area contributed by atoms with Gasteiger partial charge in [-0.2, -0.15) is 14.9 Å². The van der Waals surface area contributed by atoms with Crippen molar-refractivity contribution < 1.29 is 4.74 Å². The van der Waals surface area contributed by atoms with Crippen molar-refractivity contribution in [3.63, 3.8) is 0 Å². The van der Waals surface area contributed by atoms with Crippen molar-refractivity contribution in [1.29, 1.82) is 5.26 Å². The summed E-state index contributed by atoms with van der Waals surface area (Å²) < 4.78 is 7.20. The summed E-state index contributed by atoms with van der Waals surface area (Å²) in [6, 6.07) is 7.78. The first-order valence-electron chi connectivity index (χ1n) is 10.3. The Kier molecular flexibility index (Phi) is 8.21. The fourth-order valence-electron chi connectivity index (χ4n) is 3.91. The number of benzene rings is 1. The van der Waals surface area contributed by atoms with E-state index in [9.17, 15) is 5.26 Å². The van der Waals surface area contributed by atoms with E-state index in [0.29, 0.717) is 32.9 Å². The normalized spacial score (nSPS) is 14.2. The predicted molar refractivity (Wildman–Crippen MR) is 130 cm³/mol. The van der Waals surface area contributed by atoms with Crippen LogP contribution in [-0.2, 0) is 4.74 Å². The first-order chi connectivity index (χ1) is 15.0. The average molecular weight is 496 g/mol. The molecule has 2 N–H and O–H groups in total. The van der Waals surface area contributed by atoms with Gasteiger partial charge < -0.3 is 15.4 Å². The molecule has 1 saturated heterocycles. The highest BCUT2D eigenvalue weighted by Crippen LogP contribution is 2.39. The molecule has 0 saturated carbocycles. The third-order valence-corrected chi connectivity index (χ3v) is 5.99. The van der Waals surface area contributed by atoms with Crippen LogP contribution in [0.4, 0.5) is 5.82 Å². The van der Waals surface area contributed by atoms with Gasteiger partial charge in [0.15, 0.2) is 5.65 Å². The summed E-state index contributed by atoms with van der Waals surface area (Å²) >= 11 is 13.0. The molecule has 1 aliphatic heterocycles. The van der Waals surface area contributed by atoms with Crippen LogP contribution in [0, 0.1) is 25.2 Å². The van der Waals surface area contributed by atoms with Crippen LogP contribution >= 0.6 is 35.6 Å². The van der Waals surface area contributed by atoms with Crippen molar-refractivity contribution in [2.75, 3.05) is 31.6 Å². The molecule has 4 rings (SSSR count). The van der Waals surface area contributed by atoms with Gasteiger partial charge in [-0.05, 0) is 38.8 Å². The molecule has 7 nitrogen and oxygen atoms in total. The minimum absolute atomic E-state index is 0. The molecule has 1 aliphatic rings. The average Bonchev–Trinajstić information content (AvgIpc) is 3.07. The summed E-state index contributed by atoms with van der Waals surface area (Å²) in [6.45, 7) is 7.09. The van der Waals surface area contributed by atoms with E-state index in [2.05, 4.69) is 16.7 Å². The lowest BCUT2D eigenvalue weighted by molar-refractivity contribution is 0.0784. The summed E-state index contributed by atoms with van der Waals surface area (Å²) in [5.41, 5.74) is 4.11. The molecule has 0 aliphatic carbocycles. The maximum absolute atomic E-state index is 9.18. The molecule has 1 aromatic carbocycles. The van der Waals surface area contributed by atoms with Gasteiger partial charge in [0.2, 0.25) is 0 Å². The monoisotopic (exact) mass is 494 g/mol. The highest BCUT2D eigenvalue weighted by molar-refractivity contribution is 6.39. The van der Waals surface area contributed by atoms with E-state index >= 15 is 0 Å². The van der Waals surface area contributed by atoms with Crippen LogP contribution in [0.15, 0.2) is 18.2 Å². The van der Waals surface area contributed by atoms with Crippen LogP contribution in [0.25, 0.3) is 16.8 Å². The summed E-state index contributed by atoms with van der Waals surface area (Å²) in [4.78, 5) is 4.71. The van der Waals surface area contributed by atoms with Gasteiger partial charge in [0, 0.05) is 49.7 Å². The fraction of sp³-hybridized carbons (Fsp3) is 0.409. The Balaban J connectivity index is 0.00000289. The molecule has 3 heterocycles. The quantitative estimate of drug-likeness (QED) is 0.478. The molecular formula is C22H25Cl3N6O. The van der Waals surface area contributed by atoms with Crippen LogP contribution in [-0.4, -0.2) is 46.9 Å². The van der Waals surface area contributed by atoms with Crippen LogP contribution in [0.3, 0.4) is 0 Å². The van der Waals surface area contributed by atoms with Gasteiger partial charge in [0.1, 0.15) is 5.82 Å². The van der Waals surface area contributed by atoms with Crippen molar-refractivity contribution in [2.24, 2.45) is 0 Å². The van der Waals surface area contributed by atoms with Gasteiger partial charge in [0.25, 0.3) is 0 Å². The fourth-order valence-corrected chi connectivity index (χ4v) is 4.58. The Morgan fingerprint density at radius 1 is 1.12 bits per heavy atom. The van der Waals surface area contributed by atoms with Crippen molar-refractivity contribution in [3.05, 3.63) is 45.2 Å². The Labute approximate surface area is 203 Å². The van der Waals surface area contributed by atoms with Gasteiger partial charge in [-0.1, -0.05) is 23.2 Å². The zero-order valence-electron chi connectivity index (χ0n) is 17.9. The molecule has 10 heteroatoms. The lowest BCUT2D eigenvalue weighted by Crippen LogP contribution is -2.37. The minimum Gasteiger partial charge on any atom is -0.381 e. The van der Waals surface area contributed by atoms with Gasteiger partial charge in [-0.25, -0.2) is 4.98 Å².